The zero-order valence-corrected chi connectivity index (χ0v) is 11.7. The van der Waals surface area contributed by atoms with E-state index < -0.39 is 15.8 Å². The molecule has 0 unspecified atom stereocenters. The number of sulfonamides is 1. The van der Waals surface area contributed by atoms with E-state index in [9.17, 15) is 12.8 Å². The molecule has 0 spiro atoms. The maximum absolute atomic E-state index is 13.2. The highest BCUT2D eigenvalue weighted by Crippen LogP contribution is 2.20. The van der Waals surface area contributed by atoms with Gasteiger partial charge in [-0.3, -0.25) is 0 Å². The molecule has 0 bridgehead atoms. The van der Waals surface area contributed by atoms with E-state index in [4.69, 9.17) is 5.26 Å². The van der Waals surface area contributed by atoms with Gasteiger partial charge in [-0.25, -0.2) is 17.5 Å². The number of nitriles is 1. The lowest BCUT2D eigenvalue weighted by atomic mass is 10.2. The Morgan fingerprint density at radius 2 is 2.05 bits per heavy atom. The van der Waals surface area contributed by atoms with Crippen molar-refractivity contribution in [2.45, 2.75) is 23.8 Å². The molecule has 4 nitrogen and oxygen atoms in total. The number of nitrogens with zero attached hydrogens (tertiary/aromatic N) is 1. The van der Waals surface area contributed by atoms with Gasteiger partial charge >= 0.3 is 0 Å². The first-order valence-electron chi connectivity index (χ1n) is 5.82. The summed E-state index contributed by atoms with van der Waals surface area (Å²) < 4.78 is 40.0. The van der Waals surface area contributed by atoms with Crippen molar-refractivity contribution in [1.82, 2.24) is 4.72 Å². The molecule has 0 atom stereocenters. The van der Waals surface area contributed by atoms with Crippen LogP contribution in [0, 0.1) is 17.1 Å². The molecule has 19 heavy (non-hydrogen) atoms. The molecule has 7 heteroatoms. The molecule has 0 aliphatic carbocycles. The fraction of sp³-hybridized carbons (Fsp3) is 0.417. The van der Waals surface area contributed by atoms with Crippen LogP contribution >= 0.6 is 11.8 Å². The van der Waals surface area contributed by atoms with Crippen molar-refractivity contribution in [3.63, 3.8) is 0 Å². The van der Waals surface area contributed by atoms with Gasteiger partial charge in [-0.2, -0.15) is 17.0 Å². The van der Waals surface area contributed by atoms with Gasteiger partial charge in [-0.05, 0) is 42.5 Å². The molecule has 1 aromatic rings. The van der Waals surface area contributed by atoms with Crippen LogP contribution in [-0.4, -0.2) is 26.0 Å². The summed E-state index contributed by atoms with van der Waals surface area (Å²) in [5.74, 6) is 1.15. The molecule has 0 radical (unpaired) electrons. The summed E-state index contributed by atoms with van der Waals surface area (Å²) in [4.78, 5) is -0.0660. The van der Waals surface area contributed by atoms with Crippen LogP contribution in [0.25, 0.3) is 0 Å². The Kier molecular flexibility index (Phi) is 4.45. The summed E-state index contributed by atoms with van der Waals surface area (Å²) in [6, 6.07) is 4.80. The van der Waals surface area contributed by atoms with Crippen LogP contribution < -0.4 is 4.72 Å². The molecule has 0 aromatic heterocycles. The first kappa shape index (κ1) is 14.3. The van der Waals surface area contributed by atoms with E-state index in [0.717, 1.165) is 36.5 Å². The molecule has 1 fully saturated rings. The summed E-state index contributed by atoms with van der Waals surface area (Å²) >= 11 is 1.80. The maximum atomic E-state index is 13.2. The van der Waals surface area contributed by atoms with Crippen molar-refractivity contribution in [3.8, 4) is 6.07 Å². The fourth-order valence-corrected chi connectivity index (χ4v) is 4.30. The summed E-state index contributed by atoms with van der Waals surface area (Å²) in [6.07, 6.45) is 1.58. The Bertz CT molecular complexity index is 605. The van der Waals surface area contributed by atoms with Crippen molar-refractivity contribution in [1.29, 1.82) is 5.26 Å². The zero-order chi connectivity index (χ0) is 13.9. The molecule has 1 saturated heterocycles. The van der Waals surface area contributed by atoms with Gasteiger partial charge in [0.1, 0.15) is 11.9 Å². The molecule has 102 valence electrons. The minimum absolute atomic E-state index is 0.0660. The van der Waals surface area contributed by atoms with Gasteiger partial charge in [0.05, 0.1) is 10.5 Å². The van der Waals surface area contributed by atoms with Gasteiger partial charge in [-0.1, -0.05) is 0 Å². The van der Waals surface area contributed by atoms with E-state index in [1.807, 2.05) is 0 Å². The molecular weight excluding hydrogens is 287 g/mol. The number of nitrogens with one attached hydrogen (secondary N) is 1. The van der Waals surface area contributed by atoms with Crippen molar-refractivity contribution >= 4 is 21.8 Å². The summed E-state index contributed by atoms with van der Waals surface area (Å²) in [7, 11) is -3.69. The molecule has 1 aliphatic rings. The fourth-order valence-electron chi connectivity index (χ4n) is 1.86. The van der Waals surface area contributed by atoms with Crippen LogP contribution in [0.3, 0.4) is 0 Å². The Morgan fingerprint density at radius 3 is 2.68 bits per heavy atom. The second-order valence-electron chi connectivity index (χ2n) is 4.26. The zero-order valence-electron chi connectivity index (χ0n) is 10.1. The Balaban J connectivity index is 2.21. The molecule has 1 aliphatic heterocycles. The van der Waals surface area contributed by atoms with Crippen LogP contribution in [0.5, 0.6) is 0 Å². The Labute approximate surface area is 116 Å². The van der Waals surface area contributed by atoms with Gasteiger partial charge in [0.2, 0.25) is 10.0 Å². The number of thioether (sulfide) groups is 1. The number of benzene rings is 1. The number of hydrogen-bond acceptors (Lipinski definition) is 4. The van der Waals surface area contributed by atoms with E-state index in [2.05, 4.69) is 4.72 Å². The van der Waals surface area contributed by atoms with Crippen LogP contribution in [-0.2, 0) is 10.0 Å². The third kappa shape index (κ3) is 3.47. The lowest BCUT2D eigenvalue weighted by molar-refractivity contribution is 0.528. The molecule has 0 saturated carbocycles. The Morgan fingerprint density at radius 1 is 1.37 bits per heavy atom. The molecule has 1 N–H and O–H groups in total. The molecule has 0 amide bonds. The van der Waals surface area contributed by atoms with E-state index in [1.54, 1.807) is 17.8 Å². The molecule has 1 heterocycles. The largest absolute Gasteiger partial charge is 0.240 e. The van der Waals surface area contributed by atoms with E-state index in [1.165, 1.54) is 6.07 Å². The summed E-state index contributed by atoms with van der Waals surface area (Å²) in [6.45, 7) is 0. The first-order chi connectivity index (χ1) is 9.03. The Hall–Kier alpha value is -1.10. The van der Waals surface area contributed by atoms with Crippen molar-refractivity contribution in [2.24, 2.45) is 0 Å². The summed E-state index contributed by atoms with van der Waals surface area (Å²) in [5.41, 5.74) is -0.262. The minimum Gasteiger partial charge on any atom is -0.208 e. The van der Waals surface area contributed by atoms with Crippen LogP contribution in [0.2, 0.25) is 0 Å². The van der Waals surface area contributed by atoms with Crippen LogP contribution in [0.1, 0.15) is 18.4 Å². The van der Waals surface area contributed by atoms with Crippen molar-refractivity contribution < 1.29 is 12.8 Å². The SMILES string of the molecule is N#Cc1cc(S(=O)(=O)NC2CCSCC2)ccc1F. The van der Waals surface area contributed by atoms with Gasteiger partial charge < -0.3 is 0 Å². The monoisotopic (exact) mass is 300 g/mol. The average molecular weight is 300 g/mol. The maximum Gasteiger partial charge on any atom is 0.240 e. The van der Waals surface area contributed by atoms with E-state index >= 15 is 0 Å². The van der Waals surface area contributed by atoms with Gasteiger partial charge in [0, 0.05) is 6.04 Å². The molecular formula is C12H13FN2O2S2. The second-order valence-corrected chi connectivity index (χ2v) is 7.20. The first-order valence-corrected chi connectivity index (χ1v) is 8.46. The van der Waals surface area contributed by atoms with Crippen molar-refractivity contribution in [2.75, 3.05) is 11.5 Å². The lowest BCUT2D eigenvalue weighted by Gasteiger charge is -2.22. The number of halogens is 1. The second kappa shape index (κ2) is 5.90. The predicted molar refractivity (Wildman–Crippen MR) is 71.8 cm³/mol. The van der Waals surface area contributed by atoms with Crippen LogP contribution in [0.15, 0.2) is 23.1 Å². The van der Waals surface area contributed by atoms with Gasteiger partial charge in [0.15, 0.2) is 0 Å². The normalized spacial score (nSPS) is 17.1. The van der Waals surface area contributed by atoms with E-state index in [0.29, 0.717) is 0 Å². The number of rotatable bonds is 3. The molecule has 2 rings (SSSR count). The van der Waals surface area contributed by atoms with Gasteiger partial charge in [-0.15, -0.1) is 0 Å². The topological polar surface area (TPSA) is 70.0 Å². The molecule has 1 aromatic carbocycles. The minimum atomic E-state index is -3.69. The highest BCUT2D eigenvalue weighted by molar-refractivity contribution is 7.99. The van der Waals surface area contributed by atoms with Gasteiger partial charge in [0.25, 0.3) is 0 Å². The smallest absolute Gasteiger partial charge is 0.208 e. The third-order valence-corrected chi connectivity index (χ3v) is 5.48. The third-order valence-electron chi connectivity index (χ3n) is 2.91. The quantitative estimate of drug-likeness (QED) is 0.925. The number of hydrogen-bond donors (Lipinski definition) is 1. The van der Waals surface area contributed by atoms with E-state index in [-0.39, 0.29) is 16.5 Å². The van der Waals surface area contributed by atoms with Crippen molar-refractivity contribution in [3.05, 3.63) is 29.6 Å². The standard InChI is InChI=1S/C12H13FN2O2S2/c13-12-2-1-11(7-9(12)8-14)19(16,17)15-10-3-5-18-6-4-10/h1-2,7,10,15H,3-6H2. The van der Waals surface area contributed by atoms with Crippen LogP contribution in [0.4, 0.5) is 4.39 Å². The average Bonchev–Trinajstić information content (AvgIpc) is 2.39. The predicted octanol–water partition coefficient (Wildman–Crippen LogP) is 1.87. The highest BCUT2D eigenvalue weighted by Gasteiger charge is 2.22. The lowest BCUT2D eigenvalue weighted by Crippen LogP contribution is -2.37. The summed E-state index contributed by atoms with van der Waals surface area (Å²) in [5, 5.41) is 8.72. The highest BCUT2D eigenvalue weighted by atomic mass is 32.2.